The molecule has 2 amide bonds. The zero-order chi connectivity index (χ0) is 23.7. The number of para-hydroxylation sites is 1. The molecule has 2 atom stereocenters. The number of fused-ring (bicyclic) bond motifs is 1. The molecule has 1 aromatic heterocycles. The third kappa shape index (κ3) is 4.11. The van der Waals surface area contributed by atoms with Crippen LogP contribution in [-0.2, 0) is 11.2 Å². The third-order valence-corrected chi connectivity index (χ3v) is 5.90. The zero-order valence-electron chi connectivity index (χ0n) is 17.2. The van der Waals surface area contributed by atoms with Gasteiger partial charge in [0.2, 0.25) is 5.91 Å². The van der Waals surface area contributed by atoms with Crippen LogP contribution in [0.2, 0.25) is 5.02 Å². The lowest BCUT2D eigenvalue weighted by atomic mass is 9.98. The van der Waals surface area contributed by atoms with Crippen LogP contribution in [0.25, 0.3) is 0 Å². The number of aromatic hydroxyl groups is 1. The van der Waals surface area contributed by atoms with Crippen molar-refractivity contribution in [2.45, 2.75) is 24.9 Å². The Morgan fingerprint density at radius 1 is 1.27 bits per heavy atom. The maximum absolute atomic E-state index is 14.6. The van der Waals surface area contributed by atoms with Gasteiger partial charge in [-0.3, -0.25) is 14.6 Å². The quantitative estimate of drug-likeness (QED) is 0.594. The number of nitrogens with zero attached hydrogens (tertiary/aromatic N) is 3. The summed E-state index contributed by atoms with van der Waals surface area (Å²) < 4.78 is 14.6. The molecule has 0 unspecified atom stereocenters. The first-order valence-electron chi connectivity index (χ1n) is 10.0. The summed E-state index contributed by atoms with van der Waals surface area (Å²) in [6, 6.07) is 9.92. The number of primary amides is 1. The molecule has 0 spiro atoms. The van der Waals surface area contributed by atoms with Gasteiger partial charge in [0.1, 0.15) is 23.7 Å². The lowest BCUT2D eigenvalue weighted by molar-refractivity contribution is -0.123. The molecule has 0 fully saturated rings. The van der Waals surface area contributed by atoms with Gasteiger partial charge < -0.3 is 15.7 Å². The summed E-state index contributed by atoms with van der Waals surface area (Å²) in [6.07, 6.45) is 3.28. The zero-order valence-corrected chi connectivity index (χ0v) is 18.0. The number of amides is 2. The SMILES string of the molecule is N#Cc1cncc([C@H](C(N)=O)N(C(=O)c2ccccc2O)[C@@H]2CCc3c(F)cc(Cl)cc32)c1. The van der Waals surface area contributed by atoms with Crippen molar-refractivity contribution in [2.24, 2.45) is 5.73 Å². The van der Waals surface area contributed by atoms with E-state index in [0.29, 0.717) is 24.0 Å². The number of pyridine rings is 1. The van der Waals surface area contributed by atoms with Gasteiger partial charge in [-0.05, 0) is 54.3 Å². The number of rotatable bonds is 5. The maximum atomic E-state index is 14.6. The molecular weight excluding hydrogens is 447 g/mol. The van der Waals surface area contributed by atoms with E-state index in [4.69, 9.17) is 17.3 Å². The van der Waals surface area contributed by atoms with E-state index >= 15 is 0 Å². The highest BCUT2D eigenvalue weighted by Crippen LogP contribution is 2.43. The molecule has 3 aromatic rings. The van der Waals surface area contributed by atoms with Crippen LogP contribution < -0.4 is 5.73 Å². The number of benzene rings is 2. The highest BCUT2D eigenvalue weighted by molar-refractivity contribution is 6.30. The van der Waals surface area contributed by atoms with E-state index in [1.54, 1.807) is 18.2 Å². The van der Waals surface area contributed by atoms with Crippen molar-refractivity contribution < 1.29 is 19.1 Å². The minimum absolute atomic E-state index is 0.0518. The molecule has 0 saturated carbocycles. The van der Waals surface area contributed by atoms with Gasteiger partial charge in [0, 0.05) is 23.0 Å². The molecule has 166 valence electrons. The van der Waals surface area contributed by atoms with Crippen molar-refractivity contribution in [1.82, 2.24) is 9.88 Å². The smallest absolute Gasteiger partial charge is 0.259 e. The predicted molar refractivity (Wildman–Crippen MR) is 118 cm³/mol. The topological polar surface area (TPSA) is 120 Å². The van der Waals surface area contributed by atoms with Gasteiger partial charge >= 0.3 is 0 Å². The summed E-state index contributed by atoms with van der Waals surface area (Å²) in [7, 11) is 0. The number of hydrogen-bond donors (Lipinski definition) is 2. The van der Waals surface area contributed by atoms with Gasteiger partial charge in [-0.2, -0.15) is 5.26 Å². The number of carbonyl (C=O) groups excluding carboxylic acids is 2. The summed E-state index contributed by atoms with van der Waals surface area (Å²) in [5.41, 5.74) is 6.96. The van der Waals surface area contributed by atoms with Crippen molar-refractivity contribution in [1.29, 1.82) is 5.26 Å². The van der Waals surface area contributed by atoms with E-state index in [2.05, 4.69) is 4.98 Å². The third-order valence-electron chi connectivity index (χ3n) is 5.68. The molecule has 0 saturated heterocycles. The first-order valence-corrected chi connectivity index (χ1v) is 10.4. The van der Waals surface area contributed by atoms with E-state index in [1.807, 2.05) is 6.07 Å². The molecule has 1 aliphatic carbocycles. The van der Waals surface area contributed by atoms with Crippen LogP contribution in [-0.4, -0.2) is 26.8 Å². The summed E-state index contributed by atoms with van der Waals surface area (Å²) in [5.74, 6) is -2.34. The Kier molecular flexibility index (Phi) is 5.99. The van der Waals surface area contributed by atoms with Crippen LogP contribution >= 0.6 is 11.6 Å². The second kappa shape index (κ2) is 8.88. The summed E-state index contributed by atoms with van der Waals surface area (Å²) in [4.78, 5) is 31.7. The number of phenols is 1. The van der Waals surface area contributed by atoms with Crippen molar-refractivity contribution in [3.05, 3.63) is 93.5 Å². The second-order valence-electron chi connectivity index (χ2n) is 7.66. The van der Waals surface area contributed by atoms with E-state index < -0.39 is 29.7 Å². The van der Waals surface area contributed by atoms with Gasteiger partial charge in [-0.1, -0.05) is 23.7 Å². The average molecular weight is 465 g/mol. The van der Waals surface area contributed by atoms with Gasteiger partial charge in [0.25, 0.3) is 5.91 Å². The van der Waals surface area contributed by atoms with Crippen molar-refractivity contribution in [2.75, 3.05) is 0 Å². The van der Waals surface area contributed by atoms with Crippen LogP contribution in [0.15, 0.2) is 54.9 Å². The molecule has 33 heavy (non-hydrogen) atoms. The van der Waals surface area contributed by atoms with E-state index in [1.165, 1.54) is 41.6 Å². The Hall–Kier alpha value is -3.96. The van der Waals surface area contributed by atoms with Gasteiger partial charge in [-0.25, -0.2) is 4.39 Å². The van der Waals surface area contributed by atoms with Gasteiger partial charge in [0.15, 0.2) is 0 Å². The molecule has 9 heteroatoms. The molecule has 0 aliphatic heterocycles. The van der Waals surface area contributed by atoms with Gasteiger partial charge in [-0.15, -0.1) is 0 Å². The summed E-state index contributed by atoms with van der Waals surface area (Å²) >= 11 is 6.10. The Morgan fingerprint density at radius 3 is 2.73 bits per heavy atom. The standard InChI is InChI=1S/C24H18ClFN4O3/c25-15-8-18-16(19(26)9-15)5-6-20(18)30(24(33)17-3-1-2-4-21(17)31)22(23(28)32)14-7-13(10-27)11-29-12-14/h1-4,7-9,11-12,20,22,31H,5-6H2,(H2,28,32)/t20-,22-/m1/s1. The molecule has 1 aliphatic rings. The lowest BCUT2D eigenvalue weighted by Gasteiger charge is -2.36. The second-order valence-corrected chi connectivity index (χ2v) is 8.10. The fourth-order valence-corrected chi connectivity index (χ4v) is 4.49. The van der Waals surface area contributed by atoms with Crippen LogP contribution in [0, 0.1) is 17.1 Å². The molecular formula is C24H18ClFN4O3. The van der Waals surface area contributed by atoms with Crippen molar-refractivity contribution in [3.63, 3.8) is 0 Å². The van der Waals surface area contributed by atoms with E-state index in [-0.39, 0.29) is 27.5 Å². The number of phenolic OH excluding ortho intramolecular Hbond substituents is 1. The summed E-state index contributed by atoms with van der Waals surface area (Å²) in [6.45, 7) is 0. The summed E-state index contributed by atoms with van der Waals surface area (Å²) in [5, 5.41) is 19.8. The highest BCUT2D eigenvalue weighted by Gasteiger charge is 2.41. The number of hydrogen-bond acceptors (Lipinski definition) is 5. The number of aromatic nitrogens is 1. The van der Waals surface area contributed by atoms with Crippen LogP contribution in [0.1, 0.15) is 51.1 Å². The number of nitriles is 1. The van der Waals surface area contributed by atoms with Crippen LogP contribution in [0.4, 0.5) is 4.39 Å². The van der Waals surface area contributed by atoms with Crippen LogP contribution in [0.3, 0.4) is 0 Å². The maximum Gasteiger partial charge on any atom is 0.259 e. The molecule has 4 rings (SSSR count). The first kappa shape index (κ1) is 22.2. The monoisotopic (exact) mass is 464 g/mol. The Bertz CT molecular complexity index is 1310. The van der Waals surface area contributed by atoms with Crippen molar-refractivity contribution in [3.8, 4) is 11.8 Å². The molecule has 0 bridgehead atoms. The Balaban J connectivity index is 1.92. The first-order chi connectivity index (χ1) is 15.8. The molecule has 0 radical (unpaired) electrons. The molecule has 7 nitrogen and oxygen atoms in total. The predicted octanol–water partition coefficient (Wildman–Crippen LogP) is 3.81. The van der Waals surface area contributed by atoms with E-state index in [0.717, 1.165) is 0 Å². The minimum atomic E-state index is -1.34. The minimum Gasteiger partial charge on any atom is -0.507 e. The lowest BCUT2D eigenvalue weighted by Crippen LogP contribution is -2.43. The normalized spacial score (nSPS) is 15.4. The number of carbonyl (C=O) groups is 2. The Morgan fingerprint density at radius 2 is 2.03 bits per heavy atom. The average Bonchev–Trinajstić information content (AvgIpc) is 3.20. The highest BCUT2D eigenvalue weighted by atomic mass is 35.5. The molecule has 1 heterocycles. The fourth-order valence-electron chi connectivity index (χ4n) is 4.27. The van der Waals surface area contributed by atoms with Crippen LogP contribution in [0.5, 0.6) is 5.75 Å². The van der Waals surface area contributed by atoms with E-state index in [9.17, 15) is 24.3 Å². The largest absolute Gasteiger partial charge is 0.507 e. The molecule has 2 aromatic carbocycles. The van der Waals surface area contributed by atoms with Crippen molar-refractivity contribution >= 4 is 23.4 Å². The Labute approximate surface area is 193 Å². The number of nitrogens with two attached hydrogens (primary N) is 1. The molecule has 3 N–H and O–H groups in total. The fraction of sp³-hybridized carbons (Fsp3) is 0.167. The number of halogens is 2. The van der Waals surface area contributed by atoms with Gasteiger partial charge in [0.05, 0.1) is 17.2 Å².